The number of nitrogens with one attached hydrogen (secondary N) is 1. The molecule has 7 heteroatoms. The lowest BCUT2D eigenvalue weighted by atomic mass is 9.94. The molecular formula is C20H21N3O4. The molecular weight excluding hydrogens is 346 g/mol. The monoisotopic (exact) mass is 367 g/mol. The Kier molecular flexibility index (Phi) is 5.52. The maximum absolute atomic E-state index is 12.1. The van der Waals surface area contributed by atoms with Crippen LogP contribution in [-0.2, 0) is 4.74 Å². The molecule has 0 bridgehead atoms. The molecule has 1 heterocycles. The van der Waals surface area contributed by atoms with Gasteiger partial charge in [-0.3, -0.25) is 14.9 Å². The van der Waals surface area contributed by atoms with Crippen molar-refractivity contribution in [1.82, 2.24) is 5.32 Å². The Morgan fingerprint density at radius 3 is 2.48 bits per heavy atom. The summed E-state index contributed by atoms with van der Waals surface area (Å²) in [5.41, 5.74) is 2.88. The first-order valence-corrected chi connectivity index (χ1v) is 8.65. The van der Waals surface area contributed by atoms with Crippen LogP contribution in [0, 0.1) is 10.1 Å². The van der Waals surface area contributed by atoms with Gasteiger partial charge >= 0.3 is 0 Å². The van der Waals surface area contributed by atoms with Crippen LogP contribution in [0.2, 0.25) is 0 Å². The van der Waals surface area contributed by atoms with E-state index in [0.717, 1.165) is 0 Å². The highest BCUT2D eigenvalue weighted by molar-refractivity contribution is 6.00. The zero-order valence-corrected chi connectivity index (χ0v) is 15.1. The number of hydrogen-bond donors (Lipinski definition) is 1. The van der Waals surface area contributed by atoms with Crippen LogP contribution in [0.3, 0.4) is 0 Å². The largest absolute Gasteiger partial charge is 0.378 e. The third kappa shape index (κ3) is 3.83. The van der Waals surface area contributed by atoms with Crippen LogP contribution >= 0.6 is 0 Å². The number of rotatable bonds is 5. The number of nitrogens with zero attached hydrogens (tertiary/aromatic N) is 2. The topological polar surface area (TPSA) is 84.7 Å². The summed E-state index contributed by atoms with van der Waals surface area (Å²) in [6.45, 7) is 6.40. The quantitative estimate of drug-likeness (QED) is 0.649. The highest BCUT2D eigenvalue weighted by Crippen LogP contribution is 2.34. The number of hydrogen-bond acceptors (Lipinski definition) is 5. The van der Waals surface area contributed by atoms with Gasteiger partial charge in [0.15, 0.2) is 0 Å². The minimum atomic E-state index is -0.383. The first kappa shape index (κ1) is 18.6. The molecule has 1 aliphatic heterocycles. The predicted octanol–water partition coefficient (Wildman–Crippen LogP) is 2.85. The molecule has 7 nitrogen and oxygen atoms in total. The van der Waals surface area contributed by atoms with Crippen molar-refractivity contribution in [2.45, 2.75) is 0 Å². The van der Waals surface area contributed by atoms with E-state index in [2.05, 4.69) is 11.9 Å². The molecule has 2 aromatic rings. The second kappa shape index (κ2) is 8.01. The fourth-order valence-corrected chi connectivity index (χ4v) is 3.16. The van der Waals surface area contributed by atoms with E-state index in [1.54, 1.807) is 37.4 Å². The molecule has 1 amide bonds. The second-order valence-electron chi connectivity index (χ2n) is 6.16. The van der Waals surface area contributed by atoms with E-state index >= 15 is 0 Å². The number of ether oxygens (including phenoxy) is 1. The number of amides is 1. The summed E-state index contributed by atoms with van der Waals surface area (Å²) < 4.78 is 5.32. The van der Waals surface area contributed by atoms with Gasteiger partial charge in [0.1, 0.15) is 5.69 Å². The molecule has 0 aliphatic carbocycles. The first-order chi connectivity index (χ1) is 13.0. The van der Waals surface area contributed by atoms with Crippen molar-refractivity contribution in [3.8, 4) is 0 Å². The lowest BCUT2D eigenvalue weighted by Gasteiger charge is -2.28. The predicted molar refractivity (Wildman–Crippen MR) is 104 cm³/mol. The molecule has 0 unspecified atom stereocenters. The van der Waals surface area contributed by atoms with E-state index in [1.807, 2.05) is 11.0 Å². The SMILES string of the molecule is C=C(c1ccc(N2CCOCC2)c([N+](=O)[O-])c1)c1ccccc1C(=O)NC. The summed E-state index contributed by atoms with van der Waals surface area (Å²) in [4.78, 5) is 25.3. The molecule has 0 atom stereocenters. The first-order valence-electron chi connectivity index (χ1n) is 8.65. The summed E-state index contributed by atoms with van der Waals surface area (Å²) in [5, 5.41) is 14.3. The Morgan fingerprint density at radius 2 is 1.85 bits per heavy atom. The van der Waals surface area contributed by atoms with Gasteiger partial charge in [-0.05, 0) is 28.8 Å². The molecule has 1 saturated heterocycles. The Hall–Kier alpha value is -3.19. The summed E-state index contributed by atoms with van der Waals surface area (Å²) in [6, 6.07) is 12.1. The van der Waals surface area contributed by atoms with Gasteiger partial charge in [-0.2, -0.15) is 0 Å². The smallest absolute Gasteiger partial charge is 0.293 e. The molecule has 1 N–H and O–H groups in total. The summed E-state index contributed by atoms with van der Waals surface area (Å²) in [5.74, 6) is -0.230. The second-order valence-corrected chi connectivity index (χ2v) is 6.16. The molecule has 3 rings (SSSR count). The van der Waals surface area contributed by atoms with Gasteiger partial charge in [-0.1, -0.05) is 30.8 Å². The van der Waals surface area contributed by atoms with Crippen LogP contribution in [-0.4, -0.2) is 44.2 Å². The molecule has 27 heavy (non-hydrogen) atoms. The summed E-state index contributed by atoms with van der Waals surface area (Å²) >= 11 is 0. The standard InChI is InChI=1S/C20H21N3O4/c1-14(16-5-3-4-6-17(16)20(24)21-2)15-7-8-18(19(13-15)23(25)26)22-9-11-27-12-10-22/h3-8,13H,1,9-12H2,2H3,(H,21,24). The van der Waals surface area contributed by atoms with Crippen molar-refractivity contribution in [3.63, 3.8) is 0 Å². The fourth-order valence-electron chi connectivity index (χ4n) is 3.16. The van der Waals surface area contributed by atoms with E-state index in [0.29, 0.717) is 54.3 Å². The van der Waals surface area contributed by atoms with Crippen LogP contribution < -0.4 is 10.2 Å². The van der Waals surface area contributed by atoms with E-state index in [1.165, 1.54) is 6.07 Å². The Bertz CT molecular complexity index is 889. The number of nitro groups is 1. The zero-order chi connectivity index (χ0) is 19.4. The lowest BCUT2D eigenvalue weighted by molar-refractivity contribution is -0.384. The molecule has 2 aromatic carbocycles. The Morgan fingerprint density at radius 1 is 1.19 bits per heavy atom. The van der Waals surface area contributed by atoms with Crippen LogP contribution in [0.5, 0.6) is 0 Å². The number of nitro benzene ring substituents is 1. The number of carbonyl (C=O) groups excluding carboxylic acids is 1. The Balaban J connectivity index is 2.00. The molecule has 0 radical (unpaired) electrons. The van der Waals surface area contributed by atoms with E-state index < -0.39 is 0 Å². The van der Waals surface area contributed by atoms with Crippen molar-refractivity contribution < 1.29 is 14.5 Å². The number of morpholine rings is 1. The average molecular weight is 367 g/mol. The molecule has 0 saturated carbocycles. The maximum Gasteiger partial charge on any atom is 0.293 e. The van der Waals surface area contributed by atoms with Crippen LogP contribution in [0.4, 0.5) is 11.4 Å². The molecule has 1 fully saturated rings. The van der Waals surface area contributed by atoms with Gasteiger partial charge in [0.2, 0.25) is 0 Å². The van der Waals surface area contributed by atoms with Gasteiger partial charge in [0.25, 0.3) is 11.6 Å². The fraction of sp³-hybridized carbons (Fsp3) is 0.250. The van der Waals surface area contributed by atoms with E-state index in [-0.39, 0.29) is 16.5 Å². The molecule has 0 spiro atoms. The summed E-state index contributed by atoms with van der Waals surface area (Å²) in [6.07, 6.45) is 0. The number of carbonyl (C=O) groups is 1. The van der Waals surface area contributed by atoms with Gasteiger partial charge in [-0.25, -0.2) is 0 Å². The van der Waals surface area contributed by atoms with Crippen molar-refractivity contribution in [1.29, 1.82) is 0 Å². The molecule has 1 aliphatic rings. The highest BCUT2D eigenvalue weighted by atomic mass is 16.6. The van der Waals surface area contributed by atoms with Crippen molar-refractivity contribution in [3.05, 3.63) is 75.8 Å². The maximum atomic E-state index is 12.1. The van der Waals surface area contributed by atoms with Gasteiger partial charge in [0, 0.05) is 31.8 Å². The third-order valence-corrected chi connectivity index (χ3v) is 4.60. The van der Waals surface area contributed by atoms with Crippen LogP contribution in [0.1, 0.15) is 21.5 Å². The van der Waals surface area contributed by atoms with Gasteiger partial charge < -0.3 is 15.0 Å². The molecule has 0 aromatic heterocycles. The van der Waals surface area contributed by atoms with Gasteiger partial charge in [-0.15, -0.1) is 0 Å². The van der Waals surface area contributed by atoms with Crippen molar-refractivity contribution in [2.75, 3.05) is 38.3 Å². The van der Waals surface area contributed by atoms with Gasteiger partial charge in [0.05, 0.1) is 18.1 Å². The Labute approximate surface area is 157 Å². The number of anilines is 1. The lowest BCUT2D eigenvalue weighted by Crippen LogP contribution is -2.36. The normalized spacial score (nSPS) is 13.9. The molecule has 140 valence electrons. The third-order valence-electron chi connectivity index (χ3n) is 4.60. The minimum Gasteiger partial charge on any atom is -0.378 e. The van der Waals surface area contributed by atoms with E-state index in [4.69, 9.17) is 4.74 Å². The summed E-state index contributed by atoms with van der Waals surface area (Å²) in [7, 11) is 1.56. The highest BCUT2D eigenvalue weighted by Gasteiger charge is 2.23. The van der Waals surface area contributed by atoms with Crippen LogP contribution in [0.15, 0.2) is 49.0 Å². The number of benzene rings is 2. The zero-order valence-electron chi connectivity index (χ0n) is 15.1. The average Bonchev–Trinajstić information content (AvgIpc) is 2.72. The van der Waals surface area contributed by atoms with Crippen molar-refractivity contribution in [2.24, 2.45) is 0 Å². The van der Waals surface area contributed by atoms with E-state index in [9.17, 15) is 14.9 Å². The van der Waals surface area contributed by atoms with Crippen LogP contribution in [0.25, 0.3) is 5.57 Å². The van der Waals surface area contributed by atoms with Crippen molar-refractivity contribution >= 4 is 22.9 Å². The minimum absolute atomic E-state index is 0.0213.